The lowest BCUT2D eigenvalue weighted by Gasteiger charge is -2.62. The Labute approximate surface area is 290 Å². The molecule has 8 heteroatoms. The van der Waals surface area contributed by atoms with Crippen molar-refractivity contribution in [1.29, 1.82) is 0 Å². The van der Waals surface area contributed by atoms with Gasteiger partial charge in [-0.2, -0.15) is 5.06 Å². The maximum atomic E-state index is 14.3. The molecule has 4 aliphatic rings. The van der Waals surface area contributed by atoms with Gasteiger partial charge >= 0.3 is 0 Å². The van der Waals surface area contributed by atoms with Crippen LogP contribution in [0.2, 0.25) is 0 Å². The van der Waals surface area contributed by atoms with Crippen molar-refractivity contribution in [2.45, 2.75) is 91.5 Å². The summed E-state index contributed by atoms with van der Waals surface area (Å²) in [6.07, 6.45) is 5.15. The third-order valence-electron chi connectivity index (χ3n) is 12.0. The Morgan fingerprint density at radius 3 is 2.48 bits per heavy atom. The van der Waals surface area contributed by atoms with Gasteiger partial charge in [-0.15, -0.1) is 0 Å². The van der Waals surface area contributed by atoms with Crippen LogP contribution in [0.25, 0.3) is 11.1 Å². The Morgan fingerprint density at radius 1 is 1.12 bits per heavy atom. The number of aryl methyl sites for hydroxylation is 1. The summed E-state index contributed by atoms with van der Waals surface area (Å²) < 4.78 is 6.15. The van der Waals surface area contributed by atoms with Crippen LogP contribution in [0.1, 0.15) is 71.4 Å². The molecule has 3 aliphatic carbocycles. The largest absolute Gasteiger partial charge is 0.496 e. The Bertz CT molecular complexity index is 1410. The van der Waals surface area contributed by atoms with Crippen LogP contribution < -0.4 is 15.0 Å². The number of carbonyl (C=O) groups is 1. The third kappa shape index (κ3) is 7.42. The minimum absolute atomic E-state index is 0.00770. The van der Waals surface area contributed by atoms with E-state index in [4.69, 9.17) is 9.57 Å². The second-order valence-electron chi connectivity index (χ2n) is 16.3. The van der Waals surface area contributed by atoms with Crippen LogP contribution in [0.3, 0.4) is 0 Å². The number of hydroxylamine groups is 2. The van der Waals surface area contributed by atoms with Crippen molar-refractivity contribution in [3.8, 4) is 16.9 Å². The predicted octanol–water partition coefficient (Wildman–Crippen LogP) is 6.25. The number of rotatable bonds is 14. The van der Waals surface area contributed by atoms with E-state index in [1.54, 1.807) is 7.11 Å². The highest BCUT2D eigenvalue weighted by Gasteiger charge is 2.57. The van der Waals surface area contributed by atoms with E-state index < -0.39 is 12.1 Å². The first-order valence-corrected chi connectivity index (χ1v) is 18.2. The molecule has 1 amide bonds. The number of aliphatic hydroxyl groups is 1. The third-order valence-corrected chi connectivity index (χ3v) is 12.0. The van der Waals surface area contributed by atoms with E-state index in [0.29, 0.717) is 29.7 Å². The van der Waals surface area contributed by atoms with Gasteiger partial charge in [-0.1, -0.05) is 58.9 Å². The van der Waals surface area contributed by atoms with Gasteiger partial charge in [-0.05, 0) is 105 Å². The molecule has 0 spiro atoms. The molecule has 2 aromatic carbocycles. The number of carbonyl (C=O) groups excluding carboxylic acids is 1. The summed E-state index contributed by atoms with van der Waals surface area (Å²) in [6, 6.07) is 12.7. The van der Waals surface area contributed by atoms with Gasteiger partial charge < -0.3 is 25.0 Å². The number of amides is 1. The van der Waals surface area contributed by atoms with Crippen LogP contribution in [0, 0.1) is 35.0 Å². The van der Waals surface area contributed by atoms with E-state index in [2.05, 4.69) is 114 Å². The van der Waals surface area contributed by atoms with Crippen molar-refractivity contribution in [2.75, 3.05) is 53.4 Å². The Kier molecular flexibility index (Phi) is 11.5. The van der Waals surface area contributed by atoms with Crippen LogP contribution in [0.4, 0.5) is 5.69 Å². The molecule has 1 saturated heterocycles. The number of aliphatic hydroxyl groups excluding tert-OH is 1. The standard InChI is InChI=1S/C40H62N4O4/c1-25(2)36-35(24-45)48-44(37(36)39(46)41-34-22-30-21-33(26(34)3)40(30,4)5)23-28-15-13-16-32(38(28)47-10)29-18-27(14-11-12-17-42(6)7)19-31(20-29)43(8)9/h13,15-16,18-20,25-26,30,33-37,45H,11-12,14,17,21-24H2,1-10H3,(H,41,46)/t26-,30+,33-,34-,35-,36-,37-/m0/s1. The van der Waals surface area contributed by atoms with Gasteiger partial charge in [0.1, 0.15) is 17.9 Å². The van der Waals surface area contributed by atoms with Crippen LogP contribution in [0.15, 0.2) is 36.4 Å². The van der Waals surface area contributed by atoms with Gasteiger partial charge in [0.25, 0.3) is 0 Å². The monoisotopic (exact) mass is 662 g/mol. The van der Waals surface area contributed by atoms with Gasteiger partial charge in [0, 0.05) is 42.9 Å². The number of nitrogens with zero attached hydrogens (tertiary/aromatic N) is 3. The molecule has 48 heavy (non-hydrogen) atoms. The summed E-state index contributed by atoms with van der Waals surface area (Å²) in [4.78, 5) is 25.1. The second kappa shape index (κ2) is 15.1. The van der Waals surface area contributed by atoms with Crippen molar-refractivity contribution in [1.82, 2.24) is 15.3 Å². The lowest BCUT2D eigenvalue weighted by Crippen LogP contribution is -2.62. The average molecular weight is 663 g/mol. The first kappa shape index (κ1) is 36.6. The zero-order valence-electron chi connectivity index (χ0n) is 31.3. The molecular formula is C40H62N4O4. The van der Waals surface area contributed by atoms with E-state index >= 15 is 0 Å². The van der Waals surface area contributed by atoms with Gasteiger partial charge in [-0.25, -0.2) is 0 Å². The highest BCUT2D eigenvalue weighted by atomic mass is 16.7. The van der Waals surface area contributed by atoms with Crippen molar-refractivity contribution in [2.24, 2.45) is 35.0 Å². The van der Waals surface area contributed by atoms with Crippen molar-refractivity contribution in [3.63, 3.8) is 0 Å². The zero-order valence-corrected chi connectivity index (χ0v) is 31.3. The number of para-hydroxylation sites is 1. The van der Waals surface area contributed by atoms with Gasteiger partial charge in [0.15, 0.2) is 0 Å². The number of anilines is 1. The van der Waals surface area contributed by atoms with Crippen molar-refractivity contribution < 1.29 is 19.5 Å². The first-order chi connectivity index (χ1) is 22.8. The smallest absolute Gasteiger partial charge is 0.240 e. The summed E-state index contributed by atoms with van der Waals surface area (Å²) in [7, 11) is 10.1. The Balaban J connectivity index is 1.42. The molecule has 1 heterocycles. The fourth-order valence-electron chi connectivity index (χ4n) is 9.04. The summed E-state index contributed by atoms with van der Waals surface area (Å²) in [5.74, 6) is 2.53. The number of benzene rings is 2. The average Bonchev–Trinajstić information content (AvgIpc) is 3.42. The zero-order chi connectivity index (χ0) is 34.9. The van der Waals surface area contributed by atoms with Crippen LogP contribution in [-0.2, 0) is 22.6 Å². The normalized spacial score (nSPS) is 28.1. The quantitative estimate of drug-likeness (QED) is 0.232. The molecule has 4 fully saturated rings. The van der Waals surface area contributed by atoms with E-state index in [0.717, 1.165) is 60.4 Å². The Morgan fingerprint density at radius 2 is 1.88 bits per heavy atom. The number of ether oxygens (including phenoxy) is 1. The molecule has 2 aromatic rings. The van der Waals surface area contributed by atoms with E-state index in [9.17, 15) is 9.90 Å². The van der Waals surface area contributed by atoms with E-state index in [-0.39, 0.29) is 30.4 Å². The van der Waals surface area contributed by atoms with Gasteiger partial charge in [0.2, 0.25) is 5.91 Å². The molecular weight excluding hydrogens is 600 g/mol. The topological polar surface area (TPSA) is 77.5 Å². The molecule has 266 valence electrons. The number of methoxy groups -OCH3 is 1. The highest BCUT2D eigenvalue weighted by Crippen LogP contribution is 2.61. The van der Waals surface area contributed by atoms with E-state index in [1.807, 2.05) is 5.06 Å². The Hall–Kier alpha value is -2.65. The molecule has 0 radical (unpaired) electrons. The minimum atomic E-state index is -0.514. The lowest BCUT2D eigenvalue weighted by molar-refractivity contribution is -0.183. The molecule has 6 rings (SSSR count). The van der Waals surface area contributed by atoms with E-state index in [1.165, 1.54) is 12.0 Å². The molecule has 2 N–H and O–H groups in total. The maximum Gasteiger partial charge on any atom is 0.240 e. The summed E-state index contributed by atoms with van der Waals surface area (Å²) in [6.45, 7) is 12.7. The molecule has 8 nitrogen and oxygen atoms in total. The molecule has 0 unspecified atom stereocenters. The predicted molar refractivity (Wildman–Crippen MR) is 195 cm³/mol. The fraction of sp³-hybridized carbons (Fsp3) is 0.675. The summed E-state index contributed by atoms with van der Waals surface area (Å²) in [5.41, 5.74) is 5.90. The van der Waals surface area contributed by atoms with Crippen LogP contribution >= 0.6 is 0 Å². The minimum Gasteiger partial charge on any atom is -0.496 e. The summed E-state index contributed by atoms with van der Waals surface area (Å²) in [5, 5.41) is 15.7. The molecule has 2 bridgehead atoms. The first-order valence-electron chi connectivity index (χ1n) is 18.2. The number of fused-ring (bicyclic) bond motifs is 2. The molecule has 0 aromatic heterocycles. The van der Waals surface area contributed by atoms with Gasteiger partial charge in [-0.3, -0.25) is 9.63 Å². The number of hydrogen-bond donors (Lipinski definition) is 2. The highest BCUT2D eigenvalue weighted by molar-refractivity contribution is 5.83. The molecule has 3 saturated carbocycles. The van der Waals surface area contributed by atoms with Crippen molar-refractivity contribution >= 4 is 11.6 Å². The van der Waals surface area contributed by atoms with Crippen LogP contribution in [0.5, 0.6) is 5.75 Å². The fourth-order valence-corrected chi connectivity index (χ4v) is 9.04. The lowest BCUT2D eigenvalue weighted by atomic mass is 9.45. The molecule has 7 atom stereocenters. The number of unbranched alkanes of at least 4 members (excludes halogenated alkanes) is 1. The maximum absolute atomic E-state index is 14.3. The van der Waals surface area contributed by atoms with Gasteiger partial charge in [0.05, 0.1) is 20.3 Å². The molecule has 1 aliphatic heterocycles. The van der Waals surface area contributed by atoms with Crippen molar-refractivity contribution in [3.05, 3.63) is 47.5 Å². The van der Waals surface area contributed by atoms with Crippen LogP contribution in [-0.4, -0.2) is 87.6 Å². The second-order valence-corrected chi connectivity index (χ2v) is 16.3. The number of hydrogen-bond acceptors (Lipinski definition) is 7. The number of nitrogens with one attached hydrogen (secondary N) is 1. The summed E-state index contributed by atoms with van der Waals surface area (Å²) >= 11 is 0. The SMILES string of the molecule is COc1c(CN2O[C@@H](CO)[C@H](C(C)C)[C@H]2C(=O)N[C@H]2C[C@H]3C[C@@H]([C@@H]2C)C3(C)C)cccc1-c1cc(CCCCN(C)C)cc(N(C)C)c1.